The fourth-order valence-corrected chi connectivity index (χ4v) is 1.01. The van der Waals surface area contributed by atoms with Crippen molar-refractivity contribution in [2.75, 3.05) is 5.73 Å². The molecule has 0 atom stereocenters. The van der Waals surface area contributed by atoms with Gasteiger partial charge in [-0.25, -0.2) is 0 Å². The van der Waals surface area contributed by atoms with E-state index in [0.717, 1.165) is 0 Å². The molecular weight excluding hydrogens is 208 g/mol. The predicted octanol–water partition coefficient (Wildman–Crippen LogP) is -0.702. The van der Waals surface area contributed by atoms with Crippen molar-refractivity contribution < 1.29 is 0 Å². The first kappa shape index (κ1) is 8.75. The molecule has 8 nitrogen and oxygen atoms in total. The van der Waals surface area contributed by atoms with Crippen LogP contribution in [-0.2, 0) is 7.05 Å². The zero-order valence-electron chi connectivity index (χ0n) is 7.09. The molecule has 0 radical (unpaired) electrons. The number of aromatic nitrogens is 7. The van der Waals surface area contributed by atoms with Crippen molar-refractivity contribution in [2.45, 2.75) is 0 Å². The molecule has 2 aromatic rings. The molecule has 0 unspecified atom stereocenters. The van der Waals surface area contributed by atoms with Crippen molar-refractivity contribution in [3.8, 4) is 11.6 Å². The van der Waals surface area contributed by atoms with Crippen molar-refractivity contribution >= 4 is 17.5 Å². The lowest BCUT2D eigenvalue weighted by atomic mass is 10.6. The summed E-state index contributed by atoms with van der Waals surface area (Å²) in [6, 6.07) is 0. The molecule has 2 heterocycles. The predicted molar refractivity (Wildman–Crippen MR) is 47.0 cm³/mol. The average molecular weight is 213 g/mol. The summed E-state index contributed by atoms with van der Waals surface area (Å²) in [5, 5.41) is 11.2. The summed E-state index contributed by atoms with van der Waals surface area (Å²) < 4.78 is 0. The van der Waals surface area contributed by atoms with Crippen molar-refractivity contribution in [3.05, 3.63) is 5.28 Å². The normalized spacial score (nSPS) is 10.4. The highest BCUT2D eigenvalue weighted by atomic mass is 35.5. The molecule has 2 N–H and O–H groups in total. The van der Waals surface area contributed by atoms with Crippen LogP contribution in [0.5, 0.6) is 0 Å². The second kappa shape index (κ2) is 3.14. The second-order valence-electron chi connectivity index (χ2n) is 2.39. The summed E-state index contributed by atoms with van der Waals surface area (Å²) in [6.07, 6.45) is 0. The fraction of sp³-hybridized carbons (Fsp3) is 0.200. The summed E-state index contributed by atoms with van der Waals surface area (Å²) in [7, 11) is 1.63. The first-order valence-corrected chi connectivity index (χ1v) is 3.94. The fourth-order valence-electron chi connectivity index (χ4n) is 0.839. The van der Waals surface area contributed by atoms with Crippen LogP contribution in [0.15, 0.2) is 0 Å². The minimum absolute atomic E-state index is 0.0000435. The largest absolute Gasteiger partial charge is 0.368 e. The number of anilines is 1. The standard InChI is InChI=1S/C5H5ClN8/c1-14-12-3(11-13-14)2-8-4(6)10-5(7)9-2/h1H3,(H2,7,8,9,10). The molecule has 2 rings (SSSR count). The van der Waals surface area contributed by atoms with Crippen molar-refractivity contribution in [3.63, 3.8) is 0 Å². The van der Waals surface area contributed by atoms with Crippen molar-refractivity contribution in [1.29, 1.82) is 0 Å². The monoisotopic (exact) mass is 212 g/mol. The molecule has 0 saturated heterocycles. The topological polar surface area (TPSA) is 108 Å². The van der Waals surface area contributed by atoms with Gasteiger partial charge in [-0.1, -0.05) is 0 Å². The zero-order chi connectivity index (χ0) is 10.1. The lowest BCUT2D eigenvalue weighted by Gasteiger charge is -1.95. The van der Waals surface area contributed by atoms with Gasteiger partial charge in [0.25, 0.3) is 0 Å². The minimum atomic E-state index is -0.0000435. The lowest BCUT2D eigenvalue weighted by Crippen LogP contribution is -2.01. The molecule has 0 amide bonds. The quantitative estimate of drug-likeness (QED) is 0.666. The Morgan fingerprint density at radius 3 is 2.57 bits per heavy atom. The van der Waals surface area contributed by atoms with E-state index in [0.29, 0.717) is 0 Å². The third kappa shape index (κ3) is 1.59. The van der Waals surface area contributed by atoms with Crippen molar-refractivity contribution in [2.24, 2.45) is 7.05 Å². The molecule has 9 heteroatoms. The number of hydrogen-bond acceptors (Lipinski definition) is 7. The zero-order valence-corrected chi connectivity index (χ0v) is 7.84. The molecule has 14 heavy (non-hydrogen) atoms. The SMILES string of the molecule is Cn1nnc(-c2nc(N)nc(Cl)n2)n1. The van der Waals surface area contributed by atoms with Gasteiger partial charge in [0.15, 0.2) is 0 Å². The Bertz CT molecular complexity index is 444. The molecule has 0 aliphatic heterocycles. The molecule has 0 aliphatic rings. The number of rotatable bonds is 1. The Labute approximate surface area is 83.1 Å². The Hall–Kier alpha value is -1.83. The van der Waals surface area contributed by atoms with Gasteiger partial charge in [0.2, 0.25) is 22.9 Å². The van der Waals surface area contributed by atoms with Crippen LogP contribution in [-0.4, -0.2) is 35.2 Å². The number of nitrogens with zero attached hydrogens (tertiary/aromatic N) is 7. The molecule has 72 valence electrons. The van der Waals surface area contributed by atoms with E-state index in [-0.39, 0.29) is 22.9 Å². The van der Waals surface area contributed by atoms with E-state index in [4.69, 9.17) is 17.3 Å². The van der Waals surface area contributed by atoms with Gasteiger partial charge < -0.3 is 5.73 Å². The summed E-state index contributed by atoms with van der Waals surface area (Å²) in [4.78, 5) is 12.5. The van der Waals surface area contributed by atoms with Crippen LogP contribution in [0.3, 0.4) is 0 Å². The molecule has 0 saturated carbocycles. The highest BCUT2D eigenvalue weighted by Crippen LogP contribution is 2.10. The lowest BCUT2D eigenvalue weighted by molar-refractivity contribution is 0.630. The number of aryl methyl sites for hydroxylation is 1. The first-order valence-electron chi connectivity index (χ1n) is 3.56. The number of hydrogen-bond donors (Lipinski definition) is 1. The first-order chi connectivity index (χ1) is 6.65. The summed E-state index contributed by atoms with van der Waals surface area (Å²) in [6.45, 7) is 0. The summed E-state index contributed by atoms with van der Waals surface area (Å²) in [5.41, 5.74) is 5.37. The molecule has 0 spiro atoms. The Balaban J connectivity index is 2.51. The van der Waals surface area contributed by atoms with Gasteiger partial charge >= 0.3 is 0 Å². The van der Waals surface area contributed by atoms with Gasteiger partial charge in [-0.15, -0.1) is 10.2 Å². The van der Waals surface area contributed by atoms with E-state index < -0.39 is 0 Å². The molecule has 2 aromatic heterocycles. The molecule has 0 aliphatic carbocycles. The van der Waals surface area contributed by atoms with Gasteiger partial charge in [0.1, 0.15) is 0 Å². The van der Waals surface area contributed by atoms with Crippen LogP contribution in [0.25, 0.3) is 11.6 Å². The molecule has 0 aromatic carbocycles. The van der Waals surface area contributed by atoms with E-state index in [1.807, 2.05) is 0 Å². The minimum Gasteiger partial charge on any atom is -0.368 e. The van der Waals surface area contributed by atoms with E-state index in [1.165, 1.54) is 4.80 Å². The maximum absolute atomic E-state index is 5.58. The van der Waals surface area contributed by atoms with Crippen LogP contribution >= 0.6 is 11.6 Å². The Kier molecular flexibility index (Phi) is 1.97. The van der Waals surface area contributed by atoms with Gasteiger partial charge in [-0.2, -0.15) is 19.7 Å². The second-order valence-corrected chi connectivity index (χ2v) is 2.73. The van der Waals surface area contributed by atoms with Gasteiger partial charge in [-0.3, -0.25) is 0 Å². The highest BCUT2D eigenvalue weighted by Gasteiger charge is 2.10. The highest BCUT2D eigenvalue weighted by molar-refractivity contribution is 6.28. The van der Waals surface area contributed by atoms with Crippen molar-refractivity contribution in [1.82, 2.24) is 35.2 Å². The number of halogens is 1. The molecular formula is C5H5ClN8. The maximum atomic E-state index is 5.58. The van der Waals surface area contributed by atoms with Crippen LogP contribution < -0.4 is 5.73 Å². The van der Waals surface area contributed by atoms with E-state index in [1.54, 1.807) is 7.05 Å². The van der Waals surface area contributed by atoms with Crippen LogP contribution in [0.1, 0.15) is 0 Å². The summed E-state index contributed by atoms with van der Waals surface area (Å²) >= 11 is 5.58. The van der Waals surface area contributed by atoms with E-state index in [9.17, 15) is 0 Å². The number of nitrogen functional groups attached to an aromatic ring is 1. The van der Waals surface area contributed by atoms with E-state index in [2.05, 4.69) is 30.4 Å². The Morgan fingerprint density at radius 1 is 1.21 bits per heavy atom. The van der Waals surface area contributed by atoms with Crippen LogP contribution in [0.2, 0.25) is 5.28 Å². The van der Waals surface area contributed by atoms with Gasteiger partial charge in [-0.05, 0) is 16.8 Å². The average Bonchev–Trinajstić information content (AvgIpc) is 2.50. The van der Waals surface area contributed by atoms with Crippen LogP contribution in [0, 0.1) is 0 Å². The van der Waals surface area contributed by atoms with E-state index >= 15 is 0 Å². The van der Waals surface area contributed by atoms with Crippen LogP contribution in [0.4, 0.5) is 5.95 Å². The molecule has 0 bridgehead atoms. The smallest absolute Gasteiger partial charge is 0.242 e. The van der Waals surface area contributed by atoms with Gasteiger partial charge in [0, 0.05) is 0 Å². The number of tetrazole rings is 1. The molecule has 0 fully saturated rings. The maximum Gasteiger partial charge on any atom is 0.242 e. The summed E-state index contributed by atoms with van der Waals surface area (Å²) in [5.74, 6) is 0.478. The third-order valence-corrected chi connectivity index (χ3v) is 1.50. The third-order valence-electron chi connectivity index (χ3n) is 1.33. The Morgan fingerprint density at radius 2 is 2.00 bits per heavy atom. The number of nitrogens with two attached hydrogens (primary N) is 1. The van der Waals surface area contributed by atoms with Gasteiger partial charge in [0.05, 0.1) is 7.05 Å².